The molecule has 4 heteroatoms. The fraction of sp³-hybridized carbons (Fsp3) is 0.250. The summed E-state index contributed by atoms with van der Waals surface area (Å²) in [5, 5.41) is 0. The third-order valence-corrected chi connectivity index (χ3v) is 4.89. The second kappa shape index (κ2) is 8.46. The smallest absolute Gasteiger partial charge is 0.122 e. The van der Waals surface area contributed by atoms with Crippen molar-refractivity contribution in [3.05, 3.63) is 83.9 Å². The molecule has 1 aliphatic rings. The molecule has 0 bridgehead atoms. The zero-order chi connectivity index (χ0) is 19.3. The van der Waals surface area contributed by atoms with Gasteiger partial charge in [-0.15, -0.1) is 0 Å². The molecule has 1 fully saturated rings. The Kier molecular flexibility index (Phi) is 5.60. The van der Waals surface area contributed by atoms with Crippen molar-refractivity contribution in [1.29, 1.82) is 0 Å². The van der Waals surface area contributed by atoms with E-state index in [0.717, 1.165) is 17.1 Å². The molecule has 144 valence electrons. The maximum absolute atomic E-state index is 5.85. The average molecular weight is 376 g/mol. The van der Waals surface area contributed by atoms with Gasteiger partial charge in [-0.1, -0.05) is 54.6 Å². The van der Waals surface area contributed by atoms with Crippen LogP contribution in [-0.4, -0.2) is 26.9 Å². The molecule has 4 nitrogen and oxygen atoms in total. The van der Waals surface area contributed by atoms with Gasteiger partial charge in [0.2, 0.25) is 0 Å². The van der Waals surface area contributed by atoms with Gasteiger partial charge in [0.1, 0.15) is 23.7 Å². The minimum absolute atomic E-state index is 0.107. The van der Waals surface area contributed by atoms with Gasteiger partial charge in [0.05, 0.1) is 27.4 Å². The van der Waals surface area contributed by atoms with Gasteiger partial charge in [-0.3, -0.25) is 0 Å². The van der Waals surface area contributed by atoms with Crippen LogP contribution in [0.1, 0.15) is 17.2 Å². The van der Waals surface area contributed by atoms with E-state index in [4.69, 9.17) is 18.9 Å². The number of rotatable bonds is 8. The van der Waals surface area contributed by atoms with Crippen LogP contribution in [0.3, 0.4) is 0 Å². The lowest BCUT2D eigenvalue weighted by Crippen LogP contribution is -2.03. The lowest BCUT2D eigenvalue weighted by molar-refractivity contribution is 0.104. The van der Waals surface area contributed by atoms with E-state index < -0.39 is 0 Å². The number of epoxide rings is 1. The second-order valence-corrected chi connectivity index (χ2v) is 6.82. The van der Waals surface area contributed by atoms with E-state index in [2.05, 4.69) is 48.5 Å². The van der Waals surface area contributed by atoms with Crippen LogP contribution >= 0.6 is 0 Å². The maximum atomic E-state index is 5.85. The summed E-state index contributed by atoms with van der Waals surface area (Å²) >= 11 is 0. The van der Waals surface area contributed by atoms with E-state index >= 15 is 0 Å². The summed E-state index contributed by atoms with van der Waals surface area (Å²) in [5.41, 5.74) is 4.64. The summed E-state index contributed by atoms with van der Waals surface area (Å²) < 4.78 is 22.2. The molecule has 0 aliphatic carbocycles. The van der Waals surface area contributed by atoms with E-state index in [0.29, 0.717) is 13.2 Å². The zero-order valence-electron chi connectivity index (χ0n) is 16.1. The monoisotopic (exact) mass is 376 g/mol. The first kappa shape index (κ1) is 18.5. The van der Waals surface area contributed by atoms with E-state index in [1.54, 1.807) is 14.2 Å². The minimum atomic E-state index is 0.107. The van der Waals surface area contributed by atoms with Crippen molar-refractivity contribution in [2.45, 2.75) is 18.8 Å². The minimum Gasteiger partial charge on any atom is -0.497 e. The third-order valence-electron chi connectivity index (χ3n) is 4.89. The molecule has 0 amide bonds. The molecule has 0 N–H and O–H groups in total. The molecule has 28 heavy (non-hydrogen) atoms. The first-order valence-corrected chi connectivity index (χ1v) is 9.37. The van der Waals surface area contributed by atoms with Gasteiger partial charge in [0.15, 0.2) is 0 Å². The van der Waals surface area contributed by atoms with Crippen molar-refractivity contribution in [3.8, 4) is 22.6 Å². The van der Waals surface area contributed by atoms with E-state index in [1.165, 1.54) is 16.7 Å². The quantitative estimate of drug-likeness (QED) is 0.517. The molecule has 0 spiro atoms. The Labute approximate surface area is 165 Å². The van der Waals surface area contributed by atoms with Crippen LogP contribution in [0.2, 0.25) is 0 Å². The Bertz CT molecular complexity index is 883. The van der Waals surface area contributed by atoms with Gasteiger partial charge in [-0.25, -0.2) is 0 Å². The van der Waals surface area contributed by atoms with Crippen molar-refractivity contribution in [2.24, 2.45) is 0 Å². The normalized spacial score (nSPS) is 17.9. The number of ether oxygens (including phenoxy) is 4. The molecule has 1 saturated heterocycles. The largest absolute Gasteiger partial charge is 0.497 e. The zero-order valence-corrected chi connectivity index (χ0v) is 16.1. The molecule has 1 aliphatic heterocycles. The first-order chi connectivity index (χ1) is 13.8. The van der Waals surface area contributed by atoms with Gasteiger partial charge in [-0.05, 0) is 34.4 Å². The molecule has 3 aromatic carbocycles. The highest BCUT2D eigenvalue weighted by atomic mass is 16.6. The number of hydrogen-bond acceptors (Lipinski definition) is 4. The summed E-state index contributed by atoms with van der Waals surface area (Å²) in [7, 11) is 3.29. The maximum Gasteiger partial charge on any atom is 0.122 e. The van der Waals surface area contributed by atoms with Crippen molar-refractivity contribution < 1.29 is 18.9 Å². The molecule has 3 aromatic rings. The van der Waals surface area contributed by atoms with E-state index in [1.807, 2.05) is 24.3 Å². The van der Waals surface area contributed by atoms with Crippen LogP contribution in [0.15, 0.2) is 72.8 Å². The molecule has 0 unspecified atom stereocenters. The fourth-order valence-corrected chi connectivity index (χ4v) is 3.30. The number of benzene rings is 3. The van der Waals surface area contributed by atoms with Crippen LogP contribution in [-0.2, 0) is 16.1 Å². The highest BCUT2D eigenvalue weighted by Gasteiger charge is 2.40. The van der Waals surface area contributed by atoms with Crippen LogP contribution < -0.4 is 9.47 Å². The summed E-state index contributed by atoms with van der Waals surface area (Å²) in [5.74, 6) is 1.52. The molecular weight excluding hydrogens is 352 g/mol. The Balaban J connectivity index is 1.29. The van der Waals surface area contributed by atoms with Gasteiger partial charge in [0.25, 0.3) is 0 Å². The van der Waals surface area contributed by atoms with Crippen LogP contribution in [0, 0.1) is 0 Å². The molecule has 2 atom stereocenters. The molecule has 0 aromatic heterocycles. The average Bonchev–Trinajstić information content (AvgIpc) is 3.53. The summed E-state index contributed by atoms with van der Waals surface area (Å²) in [4.78, 5) is 0. The molecular formula is C24H24O4. The number of hydrogen-bond donors (Lipinski definition) is 0. The fourth-order valence-electron chi connectivity index (χ4n) is 3.30. The molecule has 0 radical (unpaired) electrons. The summed E-state index contributed by atoms with van der Waals surface area (Å²) in [6.45, 7) is 1.05. The lowest BCUT2D eigenvalue weighted by atomic mass is 10.0. The van der Waals surface area contributed by atoms with Crippen molar-refractivity contribution in [2.75, 3.05) is 20.8 Å². The van der Waals surface area contributed by atoms with Crippen LogP contribution in [0.5, 0.6) is 11.5 Å². The summed E-state index contributed by atoms with van der Waals surface area (Å²) in [6.07, 6.45) is 0.222. The topological polar surface area (TPSA) is 40.2 Å². The van der Waals surface area contributed by atoms with Crippen molar-refractivity contribution >= 4 is 0 Å². The first-order valence-electron chi connectivity index (χ1n) is 9.37. The second-order valence-electron chi connectivity index (χ2n) is 6.82. The number of methoxy groups -OCH3 is 2. The Morgan fingerprint density at radius 2 is 1.43 bits per heavy atom. The third kappa shape index (κ3) is 4.35. The lowest BCUT2D eigenvalue weighted by Gasteiger charge is -2.08. The Morgan fingerprint density at radius 1 is 0.786 bits per heavy atom. The predicted octanol–water partition coefficient (Wildman–Crippen LogP) is 5.03. The molecule has 1 heterocycles. The van der Waals surface area contributed by atoms with Gasteiger partial charge in [0, 0.05) is 6.07 Å². The van der Waals surface area contributed by atoms with Gasteiger partial charge >= 0.3 is 0 Å². The van der Waals surface area contributed by atoms with E-state index in [-0.39, 0.29) is 12.2 Å². The highest BCUT2D eigenvalue weighted by Crippen LogP contribution is 2.39. The van der Waals surface area contributed by atoms with Gasteiger partial charge < -0.3 is 18.9 Å². The van der Waals surface area contributed by atoms with Crippen LogP contribution in [0.4, 0.5) is 0 Å². The summed E-state index contributed by atoms with van der Waals surface area (Å²) in [6, 6.07) is 24.7. The van der Waals surface area contributed by atoms with Crippen molar-refractivity contribution in [3.63, 3.8) is 0 Å². The molecule has 0 saturated carbocycles. The highest BCUT2D eigenvalue weighted by molar-refractivity contribution is 5.63. The Hall–Kier alpha value is -2.82. The molecule has 4 rings (SSSR count). The van der Waals surface area contributed by atoms with Crippen molar-refractivity contribution in [1.82, 2.24) is 0 Å². The SMILES string of the molecule is COc1cc(COC[C@@H]2O[C@H]2c2ccc(-c3ccccc3)cc2)cc(OC)c1. The standard InChI is InChI=1S/C24H24O4/c1-25-21-12-17(13-22(14-21)26-2)15-27-16-23-24(28-23)20-10-8-19(9-11-20)18-6-4-3-5-7-18/h3-14,23-24H,15-16H2,1-2H3/t23-,24-/m0/s1. The van der Waals surface area contributed by atoms with E-state index in [9.17, 15) is 0 Å². The Morgan fingerprint density at radius 3 is 2.07 bits per heavy atom. The predicted molar refractivity (Wildman–Crippen MR) is 109 cm³/mol. The van der Waals surface area contributed by atoms with Crippen LogP contribution in [0.25, 0.3) is 11.1 Å². The van der Waals surface area contributed by atoms with Gasteiger partial charge in [-0.2, -0.15) is 0 Å².